The van der Waals surface area contributed by atoms with Crippen LogP contribution in [0, 0.1) is 0 Å². The zero-order valence-corrected chi connectivity index (χ0v) is 8.65. The molecule has 1 N–H and O–H groups in total. The molecule has 0 amide bonds. The summed E-state index contributed by atoms with van der Waals surface area (Å²) in [7, 11) is 0. The van der Waals surface area contributed by atoms with Crippen LogP contribution in [0.5, 0.6) is 0 Å². The number of aliphatic hydroxyl groups is 1. The van der Waals surface area contributed by atoms with Crippen LogP contribution in [0.3, 0.4) is 0 Å². The predicted octanol–water partition coefficient (Wildman–Crippen LogP) is 1.23. The Kier molecular flexibility index (Phi) is 2.97. The molecule has 0 fully saturated rings. The van der Waals surface area contributed by atoms with Gasteiger partial charge in [-0.15, -0.1) is 0 Å². The third-order valence-corrected chi connectivity index (χ3v) is 2.17. The Bertz CT molecular complexity index is 522. The molecule has 92 valence electrons. The minimum atomic E-state index is -4.57. The number of aromatic nitrogens is 4. The van der Waals surface area contributed by atoms with Gasteiger partial charge in [0, 0.05) is 13.2 Å². The highest BCUT2D eigenvalue weighted by Gasteiger charge is 2.35. The van der Waals surface area contributed by atoms with Gasteiger partial charge in [-0.05, 0) is 6.42 Å². The van der Waals surface area contributed by atoms with Crippen molar-refractivity contribution in [3.63, 3.8) is 0 Å². The van der Waals surface area contributed by atoms with Gasteiger partial charge in [0.25, 0.3) is 0 Å². The Morgan fingerprint density at radius 2 is 2.06 bits per heavy atom. The van der Waals surface area contributed by atoms with E-state index < -0.39 is 12.0 Å². The first-order chi connectivity index (χ1) is 8.02. The van der Waals surface area contributed by atoms with Crippen LogP contribution in [0.2, 0.25) is 0 Å². The van der Waals surface area contributed by atoms with Crippen LogP contribution in [0.4, 0.5) is 13.2 Å². The molecule has 0 bridgehead atoms. The first-order valence-electron chi connectivity index (χ1n) is 4.88. The summed E-state index contributed by atoms with van der Waals surface area (Å²) in [5.74, 6) is -1.18. The van der Waals surface area contributed by atoms with Gasteiger partial charge in [-0.1, -0.05) is 0 Å². The van der Waals surface area contributed by atoms with Crippen molar-refractivity contribution < 1.29 is 18.3 Å². The van der Waals surface area contributed by atoms with Crippen molar-refractivity contribution in [1.82, 2.24) is 19.5 Å². The molecule has 2 heterocycles. The molecule has 0 radical (unpaired) electrons. The number of alkyl halides is 3. The summed E-state index contributed by atoms with van der Waals surface area (Å²) < 4.78 is 38.7. The third kappa shape index (κ3) is 2.36. The molecular weight excluding hydrogens is 237 g/mol. The first kappa shape index (κ1) is 11.8. The van der Waals surface area contributed by atoms with Crippen molar-refractivity contribution in [3.8, 4) is 0 Å². The summed E-state index contributed by atoms with van der Waals surface area (Å²) in [6, 6.07) is 0. The smallest absolute Gasteiger partial charge is 0.396 e. The van der Waals surface area contributed by atoms with Gasteiger partial charge in [0.1, 0.15) is 5.52 Å². The van der Waals surface area contributed by atoms with E-state index in [0.29, 0.717) is 18.5 Å². The molecular formula is C9H9F3N4O. The predicted molar refractivity (Wildman–Crippen MR) is 52.0 cm³/mol. The Labute approximate surface area is 93.9 Å². The van der Waals surface area contributed by atoms with Gasteiger partial charge in [0.15, 0.2) is 5.65 Å². The molecule has 0 spiro atoms. The number of nitrogens with zero attached hydrogens (tertiary/aromatic N) is 4. The number of aliphatic hydroxyl groups excluding tert-OH is 1. The number of rotatable bonds is 3. The quantitative estimate of drug-likeness (QED) is 0.884. The molecule has 0 aliphatic carbocycles. The first-order valence-corrected chi connectivity index (χ1v) is 4.88. The lowest BCUT2D eigenvalue weighted by atomic mass is 10.4. The molecule has 0 saturated heterocycles. The summed E-state index contributed by atoms with van der Waals surface area (Å²) >= 11 is 0. The molecule has 0 aromatic carbocycles. The largest absolute Gasteiger partial charge is 0.451 e. The summed E-state index contributed by atoms with van der Waals surface area (Å²) in [6.07, 6.45) is -1.72. The van der Waals surface area contributed by atoms with E-state index in [1.807, 2.05) is 0 Å². The lowest BCUT2D eigenvalue weighted by molar-refractivity contribution is -0.144. The van der Waals surface area contributed by atoms with Gasteiger partial charge in [-0.2, -0.15) is 13.2 Å². The fraction of sp³-hybridized carbons (Fsp3) is 0.444. The molecule has 5 nitrogen and oxygen atoms in total. The average Bonchev–Trinajstić information content (AvgIpc) is 2.67. The summed E-state index contributed by atoms with van der Waals surface area (Å²) in [4.78, 5) is 10.5. The number of hydrogen-bond acceptors (Lipinski definition) is 4. The summed E-state index contributed by atoms with van der Waals surface area (Å²) in [5.41, 5.74) is 0.428. The molecule has 8 heteroatoms. The number of hydrogen-bond donors (Lipinski definition) is 1. The van der Waals surface area contributed by atoms with E-state index in [0.717, 1.165) is 6.20 Å². The standard InChI is InChI=1S/C9H9F3N4O/c10-9(11,12)8-13-4-6-7(15-8)16(5-14-6)2-1-3-17/h4-5,17H,1-3H2. The van der Waals surface area contributed by atoms with Crippen molar-refractivity contribution in [2.45, 2.75) is 19.1 Å². The maximum Gasteiger partial charge on any atom is 0.451 e. The second kappa shape index (κ2) is 4.28. The highest BCUT2D eigenvalue weighted by atomic mass is 19.4. The molecule has 2 aromatic heterocycles. The molecule has 0 saturated carbocycles. The maximum absolute atomic E-state index is 12.4. The Morgan fingerprint density at radius 3 is 2.71 bits per heavy atom. The lowest BCUT2D eigenvalue weighted by Crippen LogP contribution is -2.11. The van der Waals surface area contributed by atoms with Crippen LogP contribution in [-0.2, 0) is 12.7 Å². The van der Waals surface area contributed by atoms with Gasteiger partial charge in [-0.3, -0.25) is 0 Å². The van der Waals surface area contributed by atoms with Crippen LogP contribution >= 0.6 is 0 Å². The van der Waals surface area contributed by atoms with Gasteiger partial charge in [-0.25, -0.2) is 15.0 Å². The second-order valence-corrected chi connectivity index (χ2v) is 3.42. The zero-order valence-electron chi connectivity index (χ0n) is 8.65. The maximum atomic E-state index is 12.4. The Hall–Kier alpha value is -1.70. The van der Waals surface area contributed by atoms with Crippen LogP contribution in [0.15, 0.2) is 12.5 Å². The third-order valence-electron chi connectivity index (χ3n) is 2.17. The molecule has 0 unspecified atom stereocenters. The molecule has 17 heavy (non-hydrogen) atoms. The van der Waals surface area contributed by atoms with Crippen LogP contribution in [0.1, 0.15) is 12.2 Å². The number of fused-ring (bicyclic) bond motifs is 1. The molecule has 0 aliphatic heterocycles. The Morgan fingerprint density at radius 1 is 1.29 bits per heavy atom. The summed E-state index contributed by atoms with van der Waals surface area (Å²) in [5, 5.41) is 8.67. The lowest BCUT2D eigenvalue weighted by Gasteiger charge is -2.05. The molecule has 0 aliphatic rings. The van der Waals surface area contributed by atoms with Crippen molar-refractivity contribution in [1.29, 1.82) is 0 Å². The van der Waals surface area contributed by atoms with Crippen molar-refractivity contribution in [2.24, 2.45) is 0 Å². The fourth-order valence-electron chi connectivity index (χ4n) is 1.40. The van der Waals surface area contributed by atoms with Crippen LogP contribution in [-0.4, -0.2) is 31.2 Å². The fourth-order valence-corrected chi connectivity index (χ4v) is 1.40. The highest BCUT2D eigenvalue weighted by molar-refractivity contribution is 5.69. The van der Waals surface area contributed by atoms with E-state index in [4.69, 9.17) is 5.11 Å². The van der Waals surface area contributed by atoms with Gasteiger partial charge in [0.05, 0.1) is 12.5 Å². The van der Waals surface area contributed by atoms with E-state index in [2.05, 4.69) is 15.0 Å². The number of halogens is 3. The van der Waals surface area contributed by atoms with E-state index in [1.54, 1.807) is 0 Å². The molecule has 2 rings (SSSR count). The zero-order chi connectivity index (χ0) is 12.5. The van der Waals surface area contributed by atoms with E-state index in [-0.39, 0.29) is 12.3 Å². The van der Waals surface area contributed by atoms with Crippen molar-refractivity contribution in [2.75, 3.05) is 6.61 Å². The van der Waals surface area contributed by atoms with Gasteiger partial charge >= 0.3 is 6.18 Å². The molecule has 2 aromatic rings. The second-order valence-electron chi connectivity index (χ2n) is 3.42. The summed E-state index contributed by atoms with van der Waals surface area (Å²) in [6.45, 7) is 0.318. The van der Waals surface area contributed by atoms with Crippen LogP contribution < -0.4 is 0 Å². The minimum absolute atomic E-state index is 0.0448. The monoisotopic (exact) mass is 246 g/mol. The molecule has 0 atom stereocenters. The number of aryl methyl sites for hydroxylation is 1. The van der Waals surface area contributed by atoms with E-state index >= 15 is 0 Å². The van der Waals surface area contributed by atoms with Gasteiger partial charge < -0.3 is 9.67 Å². The highest BCUT2D eigenvalue weighted by Crippen LogP contribution is 2.26. The van der Waals surface area contributed by atoms with Crippen LogP contribution in [0.25, 0.3) is 11.2 Å². The van der Waals surface area contributed by atoms with E-state index in [1.165, 1.54) is 10.9 Å². The SMILES string of the molecule is OCCCn1cnc2cnc(C(F)(F)F)nc21. The van der Waals surface area contributed by atoms with E-state index in [9.17, 15) is 13.2 Å². The van der Waals surface area contributed by atoms with Gasteiger partial charge in [0.2, 0.25) is 5.82 Å². The van der Waals surface area contributed by atoms with Crippen molar-refractivity contribution >= 4 is 11.2 Å². The minimum Gasteiger partial charge on any atom is -0.396 e. The Balaban J connectivity index is 2.43. The topological polar surface area (TPSA) is 63.8 Å². The van der Waals surface area contributed by atoms with Crippen molar-refractivity contribution in [3.05, 3.63) is 18.3 Å². The average molecular weight is 246 g/mol. The normalized spacial score (nSPS) is 12.2. The number of imidazole rings is 1.